The molecular weight excluding hydrogens is 342 g/mol. The van der Waals surface area contributed by atoms with Gasteiger partial charge in [0.2, 0.25) is 5.82 Å². The van der Waals surface area contributed by atoms with Crippen LogP contribution in [0.25, 0.3) is 0 Å². The molecule has 0 aromatic carbocycles. The lowest BCUT2D eigenvalue weighted by atomic mass is 9.77. The van der Waals surface area contributed by atoms with Crippen molar-refractivity contribution < 1.29 is 9.53 Å². The van der Waals surface area contributed by atoms with Gasteiger partial charge in [-0.15, -0.1) is 10.2 Å². The lowest BCUT2D eigenvalue weighted by Gasteiger charge is -2.38. The summed E-state index contributed by atoms with van der Waals surface area (Å²) in [5.74, 6) is 3.44. The van der Waals surface area contributed by atoms with Crippen molar-refractivity contribution >= 4 is 5.91 Å². The Morgan fingerprint density at radius 3 is 2.85 bits per heavy atom. The number of nitrogens with one attached hydrogen (secondary N) is 2. The van der Waals surface area contributed by atoms with Crippen LogP contribution in [0.5, 0.6) is 0 Å². The summed E-state index contributed by atoms with van der Waals surface area (Å²) >= 11 is 0. The minimum Gasteiger partial charge on any atom is -0.376 e. The highest BCUT2D eigenvalue weighted by Crippen LogP contribution is 2.36. The third-order valence-electron chi connectivity index (χ3n) is 6.89. The summed E-state index contributed by atoms with van der Waals surface area (Å²) in [6.07, 6.45) is 9.11. The van der Waals surface area contributed by atoms with Crippen molar-refractivity contribution in [1.29, 1.82) is 0 Å². The zero-order valence-electron chi connectivity index (χ0n) is 16.0. The molecule has 1 aromatic rings. The van der Waals surface area contributed by atoms with Gasteiger partial charge in [0, 0.05) is 19.6 Å². The van der Waals surface area contributed by atoms with Crippen molar-refractivity contribution in [2.75, 3.05) is 19.7 Å². The van der Waals surface area contributed by atoms with E-state index in [9.17, 15) is 4.79 Å². The van der Waals surface area contributed by atoms with Gasteiger partial charge < -0.3 is 19.9 Å². The second-order valence-electron chi connectivity index (χ2n) is 8.95. The van der Waals surface area contributed by atoms with Crippen molar-refractivity contribution in [3.05, 3.63) is 11.6 Å². The minimum atomic E-state index is -0.0786. The fraction of sp³-hybridized carbons (Fsp3) is 0.850. The highest BCUT2D eigenvalue weighted by molar-refractivity contribution is 5.91. The van der Waals surface area contributed by atoms with Gasteiger partial charge in [-0.1, -0.05) is 6.42 Å². The molecule has 1 aromatic heterocycles. The van der Waals surface area contributed by atoms with Gasteiger partial charge in [-0.05, 0) is 69.4 Å². The van der Waals surface area contributed by atoms with Gasteiger partial charge in [-0.2, -0.15) is 0 Å². The first-order valence-corrected chi connectivity index (χ1v) is 10.8. The van der Waals surface area contributed by atoms with E-state index in [1.165, 1.54) is 19.3 Å². The van der Waals surface area contributed by atoms with Crippen molar-refractivity contribution in [2.24, 2.45) is 17.8 Å². The van der Waals surface area contributed by atoms with E-state index < -0.39 is 0 Å². The standard InChI is InChI=1S/C20H31N5O2/c26-20(19-24-23-18-4-2-1-3-7-25(18)19)22-16-8-14-10-21-11-15(14)9-17(16)27-12-13-5-6-13/h13-17,21H,1-12H2,(H,22,26)/t14-,15+,16-,17-/m0/s1. The van der Waals surface area contributed by atoms with Crippen LogP contribution in [0.1, 0.15) is 61.4 Å². The maximum Gasteiger partial charge on any atom is 0.289 e. The van der Waals surface area contributed by atoms with E-state index >= 15 is 0 Å². The highest BCUT2D eigenvalue weighted by Gasteiger charge is 2.41. The number of rotatable bonds is 5. The molecule has 0 unspecified atom stereocenters. The average molecular weight is 374 g/mol. The second kappa shape index (κ2) is 7.51. The molecule has 2 aliphatic heterocycles. The smallest absolute Gasteiger partial charge is 0.289 e. The average Bonchev–Trinajstić information content (AvgIpc) is 3.33. The van der Waals surface area contributed by atoms with Crippen LogP contribution < -0.4 is 10.6 Å². The van der Waals surface area contributed by atoms with E-state index in [-0.39, 0.29) is 18.1 Å². The molecular formula is C20H31N5O2. The summed E-state index contributed by atoms with van der Waals surface area (Å²) in [7, 11) is 0. The molecule has 4 aliphatic rings. The first-order chi connectivity index (χ1) is 13.3. The Morgan fingerprint density at radius 1 is 1.15 bits per heavy atom. The lowest BCUT2D eigenvalue weighted by molar-refractivity contribution is -0.0212. The number of hydrogen-bond donors (Lipinski definition) is 2. The molecule has 2 N–H and O–H groups in total. The highest BCUT2D eigenvalue weighted by atomic mass is 16.5. The summed E-state index contributed by atoms with van der Waals surface area (Å²) in [5.41, 5.74) is 0. The molecule has 27 heavy (non-hydrogen) atoms. The van der Waals surface area contributed by atoms with E-state index in [1.807, 2.05) is 4.57 Å². The van der Waals surface area contributed by atoms with Crippen molar-refractivity contribution in [2.45, 2.75) is 70.1 Å². The number of carbonyl (C=O) groups is 1. The van der Waals surface area contributed by atoms with E-state index in [1.54, 1.807) is 0 Å². The van der Waals surface area contributed by atoms with Gasteiger partial charge in [0.25, 0.3) is 5.91 Å². The van der Waals surface area contributed by atoms with Crippen LogP contribution in [-0.2, 0) is 17.7 Å². The number of nitrogens with zero attached hydrogens (tertiary/aromatic N) is 3. The molecule has 3 heterocycles. The van der Waals surface area contributed by atoms with Gasteiger partial charge in [-0.25, -0.2) is 0 Å². The molecule has 7 nitrogen and oxygen atoms in total. The Labute approximate surface area is 160 Å². The van der Waals surface area contributed by atoms with Crippen molar-refractivity contribution in [3.8, 4) is 0 Å². The van der Waals surface area contributed by atoms with Gasteiger partial charge >= 0.3 is 0 Å². The Bertz CT molecular complexity index is 686. The number of ether oxygens (including phenoxy) is 1. The van der Waals surface area contributed by atoms with Crippen LogP contribution in [0.4, 0.5) is 0 Å². The number of amides is 1. The molecule has 2 aliphatic carbocycles. The number of aryl methyl sites for hydroxylation is 1. The SMILES string of the molecule is O=C(N[C@H]1C[C@H]2CNC[C@H]2C[C@@H]1OCC1CC1)c1nnc2n1CCCCC2. The molecule has 7 heteroatoms. The first kappa shape index (κ1) is 17.6. The third-order valence-corrected chi connectivity index (χ3v) is 6.89. The summed E-state index contributed by atoms with van der Waals surface area (Å²) in [5, 5.41) is 15.3. The summed E-state index contributed by atoms with van der Waals surface area (Å²) in [6.45, 7) is 3.85. The molecule has 2 saturated carbocycles. The fourth-order valence-electron chi connectivity index (χ4n) is 5.05. The fourth-order valence-corrected chi connectivity index (χ4v) is 5.05. The van der Waals surface area contributed by atoms with Crippen LogP contribution in [0.15, 0.2) is 0 Å². The zero-order chi connectivity index (χ0) is 18.2. The predicted molar refractivity (Wildman–Crippen MR) is 100 cm³/mol. The predicted octanol–water partition coefficient (Wildman–Crippen LogP) is 1.53. The largest absolute Gasteiger partial charge is 0.376 e. The minimum absolute atomic E-state index is 0.0786. The third kappa shape index (κ3) is 3.76. The van der Waals surface area contributed by atoms with E-state index in [2.05, 4.69) is 20.8 Å². The van der Waals surface area contributed by atoms with Crippen LogP contribution in [0, 0.1) is 17.8 Å². The normalized spacial score (nSPS) is 33.2. The van der Waals surface area contributed by atoms with Gasteiger partial charge in [-0.3, -0.25) is 4.79 Å². The monoisotopic (exact) mass is 373 g/mol. The van der Waals surface area contributed by atoms with Crippen molar-refractivity contribution in [1.82, 2.24) is 25.4 Å². The van der Waals surface area contributed by atoms with E-state index in [0.717, 1.165) is 70.1 Å². The molecule has 3 fully saturated rings. The van der Waals surface area contributed by atoms with Crippen LogP contribution in [0.2, 0.25) is 0 Å². The van der Waals surface area contributed by atoms with Crippen molar-refractivity contribution in [3.63, 3.8) is 0 Å². The molecule has 0 radical (unpaired) electrons. The van der Waals surface area contributed by atoms with Gasteiger partial charge in [0.1, 0.15) is 5.82 Å². The maximum absolute atomic E-state index is 13.0. The van der Waals surface area contributed by atoms with Crippen LogP contribution in [-0.4, -0.2) is 52.5 Å². The molecule has 0 spiro atoms. The molecule has 5 rings (SSSR count). The number of carbonyl (C=O) groups excluding carboxylic acids is 1. The Hall–Kier alpha value is -1.47. The zero-order valence-corrected chi connectivity index (χ0v) is 16.0. The lowest BCUT2D eigenvalue weighted by Crippen LogP contribution is -2.51. The second-order valence-corrected chi connectivity index (χ2v) is 8.95. The quantitative estimate of drug-likeness (QED) is 0.818. The summed E-state index contributed by atoms with van der Waals surface area (Å²) in [4.78, 5) is 13.0. The number of fused-ring (bicyclic) bond motifs is 2. The van der Waals surface area contributed by atoms with Gasteiger partial charge in [0.15, 0.2) is 0 Å². The van der Waals surface area contributed by atoms with Crippen LogP contribution in [0.3, 0.4) is 0 Å². The first-order valence-electron chi connectivity index (χ1n) is 10.8. The Balaban J connectivity index is 1.29. The molecule has 4 atom stereocenters. The topological polar surface area (TPSA) is 81.1 Å². The summed E-state index contributed by atoms with van der Waals surface area (Å²) in [6, 6.07) is 0.0797. The van der Waals surface area contributed by atoms with Crippen LogP contribution >= 0.6 is 0 Å². The molecule has 0 bridgehead atoms. The molecule has 1 saturated heterocycles. The van der Waals surface area contributed by atoms with E-state index in [4.69, 9.17) is 4.74 Å². The Kier molecular flexibility index (Phi) is 4.90. The van der Waals surface area contributed by atoms with E-state index in [0.29, 0.717) is 17.7 Å². The number of hydrogen-bond acceptors (Lipinski definition) is 5. The van der Waals surface area contributed by atoms with Gasteiger partial charge in [0.05, 0.1) is 12.1 Å². The number of aromatic nitrogens is 3. The molecule has 1 amide bonds. The maximum atomic E-state index is 13.0. The Morgan fingerprint density at radius 2 is 2.00 bits per heavy atom. The summed E-state index contributed by atoms with van der Waals surface area (Å²) < 4.78 is 8.33. The molecule has 148 valence electrons.